The van der Waals surface area contributed by atoms with Gasteiger partial charge in [-0.3, -0.25) is 0 Å². The lowest BCUT2D eigenvalue weighted by molar-refractivity contribution is 0.432. The maximum Gasteiger partial charge on any atom is 0.164 e. The summed E-state index contributed by atoms with van der Waals surface area (Å²) in [5, 5.41) is 14.5. The Balaban J connectivity index is 2.28. The van der Waals surface area contributed by atoms with Gasteiger partial charge in [0.1, 0.15) is 17.8 Å². The highest BCUT2D eigenvalue weighted by Gasteiger charge is 2.17. The van der Waals surface area contributed by atoms with Gasteiger partial charge < -0.3 is 16.6 Å². The van der Waals surface area contributed by atoms with Gasteiger partial charge in [-0.05, 0) is 18.2 Å². The molecule has 7 nitrogen and oxygen atoms in total. The Labute approximate surface area is 119 Å². The van der Waals surface area contributed by atoms with Gasteiger partial charge in [-0.25, -0.2) is 19.0 Å². The minimum absolute atomic E-state index is 0.266. The maximum absolute atomic E-state index is 13.2. The summed E-state index contributed by atoms with van der Waals surface area (Å²) in [5.74, 6) is -0.889. The van der Waals surface area contributed by atoms with Gasteiger partial charge in [-0.1, -0.05) is 0 Å². The first-order valence-corrected chi connectivity index (χ1v) is 6.27. The highest BCUT2D eigenvalue weighted by Crippen LogP contribution is 2.32. The van der Waals surface area contributed by atoms with Crippen LogP contribution in [0.15, 0.2) is 24.5 Å². The Morgan fingerprint density at radius 3 is 2.81 bits per heavy atom. The standard InChI is InChI=1S/C13H13FN6O/c14-8-2-1-7(5-9(8)21)11-10-12(16)17-6-18-13(10)20(19-11)4-3-15/h1-2,5-6,21H,3-4,15H2,(H2,16,17,18). The van der Waals surface area contributed by atoms with E-state index in [1.54, 1.807) is 4.68 Å². The fraction of sp³-hybridized carbons (Fsp3) is 0.154. The van der Waals surface area contributed by atoms with Crippen molar-refractivity contribution >= 4 is 16.9 Å². The molecule has 3 aromatic rings. The van der Waals surface area contributed by atoms with E-state index < -0.39 is 11.6 Å². The Bertz CT molecular complexity index is 816. The first kappa shape index (κ1) is 13.3. The molecule has 21 heavy (non-hydrogen) atoms. The molecule has 0 bridgehead atoms. The largest absolute Gasteiger partial charge is 0.505 e. The van der Waals surface area contributed by atoms with E-state index in [2.05, 4.69) is 15.1 Å². The molecule has 0 saturated heterocycles. The molecule has 108 valence electrons. The number of nitrogen functional groups attached to an aromatic ring is 1. The number of phenolic OH excluding ortho intramolecular Hbond substituents is 1. The number of hydrogen-bond acceptors (Lipinski definition) is 6. The van der Waals surface area contributed by atoms with Gasteiger partial charge >= 0.3 is 0 Å². The van der Waals surface area contributed by atoms with Gasteiger partial charge in [0.2, 0.25) is 0 Å². The molecule has 0 aliphatic heterocycles. The summed E-state index contributed by atoms with van der Waals surface area (Å²) in [6.45, 7) is 0.842. The van der Waals surface area contributed by atoms with Gasteiger partial charge in [0, 0.05) is 12.1 Å². The number of aromatic hydroxyl groups is 1. The van der Waals surface area contributed by atoms with Crippen LogP contribution in [0.25, 0.3) is 22.3 Å². The third-order valence-electron chi connectivity index (χ3n) is 3.12. The van der Waals surface area contributed by atoms with Crippen LogP contribution in [0.5, 0.6) is 5.75 Å². The monoisotopic (exact) mass is 288 g/mol. The predicted molar refractivity (Wildman–Crippen MR) is 75.8 cm³/mol. The van der Waals surface area contributed by atoms with E-state index in [0.29, 0.717) is 35.4 Å². The second kappa shape index (κ2) is 4.98. The van der Waals surface area contributed by atoms with E-state index >= 15 is 0 Å². The SMILES string of the molecule is NCCn1nc(-c2ccc(F)c(O)c2)c2c(N)ncnc21. The quantitative estimate of drug-likeness (QED) is 0.658. The molecule has 0 aliphatic rings. The summed E-state index contributed by atoms with van der Waals surface area (Å²) in [6, 6.07) is 3.96. The number of benzene rings is 1. The van der Waals surface area contributed by atoms with Crippen LogP contribution < -0.4 is 11.5 Å². The molecule has 2 heterocycles. The normalized spacial score (nSPS) is 11.1. The zero-order chi connectivity index (χ0) is 15.0. The number of fused-ring (bicyclic) bond motifs is 1. The molecular weight excluding hydrogens is 275 g/mol. The van der Waals surface area contributed by atoms with Crippen molar-refractivity contribution in [3.05, 3.63) is 30.3 Å². The van der Waals surface area contributed by atoms with E-state index in [0.717, 1.165) is 0 Å². The third kappa shape index (κ3) is 2.15. The van der Waals surface area contributed by atoms with E-state index in [4.69, 9.17) is 11.5 Å². The smallest absolute Gasteiger partial charge is 0.164 e. The average molecular weight is 288 g/mol. The zero-order valence-electron chi connectivity index (χ0n) is 11.0. The number of aromatic nitrogens is 4. The second-order valence-corrected chi connectivity index (χ2v) is 4.48. The number of anilines is 1. The predicted octanol–water partition coefficient (Wildman–Crippen LogP) is 0.879. The Morgan fingerprint density at radius 1 is 1.29 bits per heavy atom. The van der Waals surface area contributed by atoms with Crippen LogP contribution in [0.2, 0.25) is 0 Å². The van der Waals surface area contributed by atoms with E-state index in [-0.39, 0.29) is 5.82 Å². The Kier molecular flexibility index (Phi) is 3.15. The van der Waals surface area contributed by atoms with E-state index in [1.165, 1.54) is 24.5 Å². The van der Waals surface area contributed by atoms with Crippen LogP contribution in [0, 0.1) is 5.82 Å². The van der Waals surface area contributed by atoms with Gasteiger partial charge in [0.15, 0.2) is 17.2 Å². The average Bonchev–Trinajstić information content (AvgIpc) is 2.83. The van der Waals surface area contributed by atoms with Crippen molar-refractivity contribution in [2.75, 3.05) is 12.3 Å². The number of rotatable bonds is 3. The fourth-order valence-electron chi connectivity index (χ4n) is 2.17. The zero-order valence-corrected chi connectivity index (χ0v) is 11.0. The van der Waals surface area contributed by atoms with Crippen LogP contribution in [-0.2, 0) is 6.54 Å². The Morgan fingerprint density at radius 2 is 2.10 bits per heavy atom. The van der Waals surface area contributed by atoms with Gasteiger partial charge in [0.25, 0.3) is 0 Å². The molecule has 0 radical (unpaired) electrons. The lowest BCUT2D eigenvalue weighted by Gasteiger charge is -2.01. The number of nitrogens with zero attached hydrogens (tertiary/aromatic N) is 4. The molecule has 1 aromatic carbocycles. The molecule has 2 aromatic heterocycles. The minimum Gasteiger partial charge on any atom is -0.505 e. The van der Waals surface area contributed by atoms with Crippen LogP contribution in [0.4, 0.5) is 10.2 Å². The summed E-state index contributed by atoms with van der Waals surface area (Å²) in [4.78, 5) is 8.12. The molecule has 0 unspecified atom stereocenters. The van der Waals surface area contributed by atoms with Gasteiger partial charge in [-0.15, -0.1) is 0 Å². The van der Waals surface area contributed by atoms with Gasteiger partial charge in [-0.2, -0.15) is 5.10 Å². The van der Waals surface area contributed by atoms with Crippen LogP contribution in [-0.4, -0.2) is 31.4 Å². The third-order valence-corrected chi connectivity index (χ3v) is 3.12. The number of halogens is 1. The summed E-state index contributed by atoms with van der Waals surface area (Å²) in [5.41, 5.74) is 13.0. The number of hydrogen-bond donors (Lipinski definition) is 3. The second-order valence-electron chi connectivity index (χ2n) is 4.48. The Hall–Kier alpha value is -2.74. The minimum atomic E-state index is -0.700. The van der Waals surface area contributed by atoms with Crippen molar-refractivity contribution in [3.63, 3.8) is 0 Å². The summed E-state index contributed by atoms with van der Waals surface area (Å²) in [6.07, 6.45) is 1.35. The van der Waals surface area contributed by atoms with E-state index in [1.807, 2.05) is 0 Å². The van der Waals surface area contributed by atoms with E-state index in [9.17, 15) is 9.50 Å². The molecule has 0 atom stereocenters. The lowest BCUT2D eigenvalue weighted by Crippen LogP contribution is -2.11. The van der Waals surface area contributed by atoms with Crippen molar-refractivity contribution in [1.82, 2.24) is 19.7 Å². The summed E-state index contributed by atoms with van der Waals surface area (Å²) >= 11 is 0. The summed E-state index contributed by atoms with van der Waals surface area (Å²) < 4.78 is 14.8. The molecule has 0 amide bonds. The van der Waals surface area contributed by atoms with Crippen molar-refractivity contribution in [1.29, 1.82) is 0 Å². The van der Waals surface area contributed by atoms with Crippen molar-refractivity contribution < 1.29 is 9.50 Å². The molecule has 0 spiro atoms. The lowest BCUT2D eigenvalue weighted by atomic mass is 10.1. The molecule has 8 heteroatoms. The summed E-state index contributed by atoms with van der Waals surface area (Å²) in [7, 11) is 0. The molecule has 3 rings (SSSR count). The molecule has 5 N–H and O–H groups in total. The molecular formula is C13H13FN6O. The number of nitrogens with two attached hydrogens (primary N) is 2. The van der Waals surface area contributed by atoms with Gasteiger partial charge in [0.05, 0.1) is 11.9 Å². The molecule has 0 saturated carbocycles. The van der Waals surface area contributed by atoms with Crippen molar-refractivity contribution in [3.8, 4) is 17.0 Å². The fourth-order valence-corrected chi connectivity index (χ4v) is 2.17. The van der Waals surface area contributed by atoms with Crippen LogP contribution >= 0.6 is 0 Å². The van der Waals surface area contributed by atoms with Crippen molar-refractivity contribution in [2.24, 2.45) is 5.73 Å². The van der Waals surface area contributed by atoms with Crippen molar-refractivity contribution in [2.45, 2.75) is 6.54 Å². The maximum atomic E-state index is 13.2. The first-order valence-electron chi connectivity index (χ1n) is 6.27. The van der Waals surface area contributed by atoms with Crippen LogP contribution in [0.3, 0.4) is 0 Å². The first-order chi connectivity index (χ1) is 10.1. The number of phenols is 1. The molecule has 0 fully saturated rings. The highest BCUT2D eigenvalue weighted by molar-refractivity contribution is 5.98. The molecule has 0 aliphatic carbocycles. The highest BCUT2D eigenvalue weighted by atomic mass is 19.1. The van der Waals surface area contributed by atoms with Crippen LogP contribution in [0.1, 0.15) is 0 Å². The topological polar surface area (TPSA) is 116 Å².